The molecule has 1 saturated carbocycles. The Balaban J connectivity index is 1.57. The van der Waals surface area contributed by atoms with Crippen molar-refractivity contribution in [2.75, 3.05) is 11.9 Å². The third-order valence-corrected chi connectivity index (χ3v) is 6.37. The molecule has 34 heavy (non-hydrogen) atoms. The van der Waals surface area contributed by atoms with Gasteiger partial charge in [0, 0.05) is 12.2 Å². The van der Waals surface area contributed by atoms with E-state index in [0.29, 0.717) is 22.5 Å². The molecule has 1 saturated heterocycles. The number of nitrogens with zero attached hydrogens (tertiary/aromatic N) is 6. The smallest absolute Gasteiger partial charge is 0.254 e. The number of amides is 1. The average Bonchev–Trinajstić information content (AvgIpc) is 3.53. The summed E-state index contributed by atoms with van der Waals surface area (Å²) < 4.78 is 8.65. The van der Waals surface area contributed by atoms with Crippen LogP contribution in [0.5, 0.6) is 0 Å². The molecule has 5 rings (SSSR count). The van der Waals surface area contributed by atoms with E-state index in [1.165, 1.54) is 28.2 Å². The maximum atomic E-state index is 11.3. The molecule has 0 spiro atoms. The number of carbonyl (C=O) groups is 1. The largest absolute Gasteiger partial charge is 0.394 e. The summed E-state index contributed by atoms with van der Waals surface area (Å²) in [4.78, 5) is 25.0. The van der Waals surface area contributed by atoms with Gasteiger partial charge in [0.05, 0.1) is 25.6 Å². The number of aliphatic hydroxyl groups is 3. The first-order valence-corrected chi connectivity index (χ1v) is 11.4. The van der Waals surface area contributed by atoms with Crippen molar-refractivity contribution in [3.8, 4) is 5.95 Å². The Morgan fingerprint density at radius 3 is 2.71 bits per heavy atom. The number of imidazole rings is 1. The third-order valence-electron chi connectivity index (χ3n) is 6.37. The van der Waals surface area contributed by atoms with Gasteiger partial charge in [-0.1, -0.05) is 19.3 Å². The van der Waals surface area contributed by atoms with Gasteiger partial charge in [0.2, 0.25) is 5.91 Å². The van der Waals surface area contributed by atoms with Crippen molar-refractivity contribution in [1.29, 1.82) is 0 Å². The van der Waals surface area contributed by atoms with Crippen molar-refractivity contribution in [1.82, 2.24) is 29.3 Å². The topological polar surface area (TPSA) is 186 Å². The van der Waals surface area contributed by atoms with Crippen LogP contribution in [0, 0.1) is 0 Å². The van der Waals surface area contributed by atoms with Crippen LogP contribution in [0.2, 0.25) is 0 Å². The van der Waals surface area contributed by atoms with E-state index >= 15 is 0 Å². The normalized spacial score (nSPS) is 25.7. The molecule has 182 valence electrons. The lowest BCUT2D eigenvalue weighted by molar-refractivity contribution is -0.117. The standard InChI is InChI=1S/C21H28N8O5/c22-14(31)6-11-7-24-29(8-11)21-26-18(25-12-4-2-1-3-5-12)15-19(27-21)28(10-23-15)20-17(33)16(32)13(9-30)34-20/h7-8,10,12-13,16-17,20,30,32-33H,1-6,9H2,(H2,22,31)(H,25,26,27)/t13-,16-,17+,20?/m1/s1. The zero-order chi connectivity index (χ0) is 23.8. The molecule has 4 heterocycles. The maximum absolute atomic E-state index is 11.3. The molecule has 0 bridgehead atoms. The Labute approximate surface area is 194 Å². The summed E-state index contributed by atoms with van der Waals surface area (Å²) in [6.45, 7) is -0.438. The fourth-order valence-corrected chi connectivity index (χ4v) is 4.61. The molecule has 6 N–H and O–H groups in total. The number of carbonyl (C=O) groups excluding carboxylic acids is 1. The second-order valence-corrected chi connectivity index (χ2v) is 8.84. The molecule has 3 aromatic heterocycles. The SMILES string of the molecule is NC(=O)Cc1cnn(-c2nc(NC3CCCCC3)c3ncn(C4O[C@H](CO)[C@@H](O)[C@@H]4O)c3n2)c1. The van der Waals surface area contributed by atoms with Gasteiger partial charge in [0.1, 0.15) is 18.3 Å². The van der Waals surface area contributed by atoms with Crippen molar-refractivity contribution in [2.24, 2.45) is 5.73 Å². The van der Waals surface area contributed by atoms with Crippen molar-refractivity contribution < 1.29 is 24.9 Å². The number of anilines is 1. The minimum Gasteiger partial charge on any atom is -0.394 e. The zero-order valence-electron chi connectivity index (χ0n) is 18.5. The molecule has 2 fully saturated rings. The number of nitrogens with one attached hydrogen (secondary N) is 1. The minimum absolute atomic E-state index is 0.0376. The number of aromatic nitrogens is 6. The first-order chi connectivity index (χ1) is 16.4. The van der Waals surface area contributed by atoms with E-state index in [1.807, 2.05) is 0 Å². The molecular weight excluding hydrogens is 444 g/mol. The Kier molecular flexibility index (Phi) is 6.16. The number of nitrogens with two attached hydrogens (primary N) is 1. The van der Waals surface area contributed by atoms with Gasteiger partial charge in [-0.2, -0.15) is 15.1 Å². The van der Waals surface area contributed by atoms with Gasteiger partial charge in [-0.25, -0.2) is 9.67 Å². The van der Waals surface area contributed by atoms with Gasteiger partial charge < -0.3 is 31.1 Å². The second-order valence-electron chi connectivity index (χ2n) is 8.84. The van der Waals surface area contributed by atoms with Gasteiger partial charge in [-0.3, -0.25) is 9.36 Å². The van der Waals surface area contributed by atoms with Crippen LogP contribution in [0.4, 0.5) is 5.82 Å². The van der Waals surface area contributed by atoms with E-state index < -0.39 is 37.1 Å². The highest BCUT2D eigenvalue weighted by Crippen LogP contribution is 2.33. The number of primary amides is 1. The summed E-state index contributed by atoms with van der Waals surface area (Å²) in [7, 11) is 0. The number of aliphatic hydroxyl groups excluding tert-OH is 3. The quantitative estimate of drug-likeness (QED) is 0.297. The highest BCUT2D eigenvalue weighted by molar-refractivity contribution is 5.84. The van der Waals surface area contributed by atoms with Crippen LogP contribution in [0.15, 0.2) is 18.7 Å². The number of hydrogen-bond acceptors (Lipinski definition) is 10. The van der Waals surface area contributed by atoms with Gasteiger partial charge in [0.15, 0.2) is 23.2 Å². The van der Waals surface area contributed by atoms with E-state index in [2.05, 4.69) is 25.4 Å². The van der Waals surface area contributed by atoms with E-state index in [9.17, 15) is 20.1 Å². The van der Waals surface area contributed by atoms with Gasteiger partial charge >= 0.3 is 0 Å². The highest BCUT2D eigenvalue weighted by Gasteiger charge is 2.44. The second kappa shape index (κ2) is 9.25. The summed E-state index contributed by atoms with van der Waals surface area (Å²) in [5.74, 6) is 0.275. The van der Waals surface area contributed by atoms with Crippen LogP contribution < -0.4 is 11.1 Å². The lowest BCUT2D eigenvalue weighted by atomic mass is 9.95. The number of fused-ring (bicyclic) bond motifs is 1. The van der Waals surface area contributed by atoms with Gasteiger partial charge in [0.25, 0.3) is 5.95 Å². The maximum Gasteiger partial charge on any atom is 0.254 e. The number of rotatable bonds is 7. The minimum atomic E-state index is -1.28. The molecule has 2 aliphatic rings. The summed E-state index contributed by atoms with van der Waals surface area (Å²) in [5.41, 5.74) is 6.76. The third kappa shape index (κ3) is 4.22. The van der Waals surface area contributed by atoms with E-state index in [4.69, 9.17) is 10.5 Å². The van der Waals surface area contributed by atoms with E-state index in [0.717, 1.165) is 25.7 Å². The van der Waals surface area contributed by atoms with Crippen LogP contribution >= 0.6 is 0 Å². The van der Waals surface area contributed by atoms with Crippen molar-refractivity contribution in [2.45, 2.75) is 69.1 Å². The Morgan fingerprint density at radius 2 is 2.00 bits per heavy atom. The first kappa shape index (κ1) is 22.7. The molecule has 4 atom stereocenters. The predicted octanol–water partition coefficient (Wildman–Crippen LogP) is -0.604. The van der Waals surface area contributed by atoms with Crippen molar-refractivity contribution >= 4 is 22.9 Å². The van der Waals surface area contributed by atoms with Crippen LogP contribution in [0.25, 0.3) is 17.1 Å². The molecular formula is C21H28N8O5. The van der Waals surface area contributed by atoms with Gasteiger partial charge in [-0.15, -0.1) is 0 Å². The lowest BCUT2D eigenvalue weighted by Crippen LogP contribution is -2.33. The summed E-state index contributed by atoms with van der Waals surface area (Å²) in [5, 5.41) is 38.0. The average molecular weight is 473 g/mol. The Hall–Kier alpha value is -3.13. The van der Waals surface area contributed by atoms with Crippen LogP contribution in [0.1, 0.15) is 43.9 Å². The molecule has 1 unspecified atom stereocenters. The van der Waals surface area contributed by atoms with Gasteiger partial charge in [-0.05, 0) is 18.4 Å². The monoisotopic (exact) mass is 472 g/mol. The molecule has 13 heteroatoms. The molecule has 3 aromatic rings. The Morgan fingerprint density at radius 1 is 1.21 bits per heavy atom. The molecule has 1 aliphatic heterocycles. The lowest BCUT2D eigenvalue weighted by Gasteiger charge is -2.23. The fraction of sp³-hybridized carbons (Fsp3) is 0.571. The van der Waals surface area contributed by atoms with E-state index in [-0.39, 0.29) is 18.4 Å². The molecule has 0 radical (unpaired) electrons. The predicted molar refractivity (Wildman–Crippen MR) is 119 cm³/mol. The van der Waals surface area contributed by atoms with Crippen molar-refractivity contribution in [3.63, 3.8) is 0 Å². The van der Waals surface area contributed by atoms with Crippen LogP contribution in [-0.4, -0.2) is 81.5 Å². The summed E-state index contributed by atoms with van der Waals surface area (Å²) >= 11 is 0. The van der Waals surface area contributed by atoms with Crippen molar-refractivity contribution in [3.05, 3.63) is 24.3 Å². The molecule has 13 nitrogen and oxygen atoms in total. The number of ether oxygens (including phenoxy) is 1. The zero-order valence-corrected chi connectivity index (χ0v) is 18.5. The molecule has 1 amide bonds. The van der Waals surface area contributed by atoms with Crippen LogP contribution in [0.3, 0.4) is 0 Å². The molecule has 0 aromatic carbocycles. The summed E-state index contributed by atoms with van der Waals surface area (Å²) in [6.07, 6.45) is 5.70. The summed E-state index contributed by atoms with van der Waals surface area (Å²) in [6, 6.07) is 0.238. The Bertz CT molecular complexity index is 1170. The highest BCUT2D eigenvalue weighted by atomic mass is 16.6. The van der Waals surface area contributed by atoms with E-state index in [1.54, 1.807) is 6.20 Å². The fourth-order valence-electron chi connectivity index (χ4n) is 4.61. The first-order valence-electron chi connectivity index (χ1n) is 11.4. The van der Waals surface area contributed by atoms with Crippen LogP contribution in [-0.2, 0) is 16.0 Å². The number of hydrogen-bond donors (Lipinski definition) is 5. The molecule has 1 aliphatic carbocycles.